The van der Waals surface area contributed by atoms with Crippen molar-refractivity contribution in [3.05, 3.63) is 58.6 Å². The van der Waals surface area contributed by atoms with Crippen LogP contribution in [0, 0.1) is 13.8 Å². The Morgan fingerprint density at radius 2 is 1.57 bits per heavy atom. The minimum atomic E-state index is 0.142. The van der Waals surface area contributed by atoms with E-state index in [0.29, 0.717) is 27.5 Å². The number of aryl methyl sites for hydroxylation is 2. The zero-order chi connectivity index (χ0) is 16.6. The standard InChI is InChI=1S/C18H16ClN3O/c1-10-5-3-4-6-13(10)15-9-16(22-18(20)21-15)14-8-12(19)7-11(2)17(14)23/h3-9,23H,1-2H3,(H2,20,21,22). The Morgan fingerprint density at radius 1 is 0.913 bits per heavy atom. The van der Waals surface area contributed by atoms with Crippen LogP contribution in [0.5, 0.6) is 5.75 Å². The van der Waals surface area contributed by atoms with Crippen LogP contribution in [0.3, 0.4) is 0 Å². The highest BCUT2D eigenvalue weighted by Gasteiger charge is 2.13. The van der Waals surface area contributed by atoms with Crippen molar-refractivity contribution >= 4 is 17.5 Å². The predicted molar refractivity (Wildman–Crippen MR) is 93.5 cm³/mol. The summed E-state index contributed by atoms with van der Waals surface area (Å²) in [6, 6.07) is 13.1. The second kappa shape index (κ2) is 5.89. The van der Waals surface area contributed by atoms with Crippen LogP contribution >= 0.6 is 11.6 Å². The Hall–Kier alpha value is -2.59. The lowest BCUT2D eigenvalue weighted by atomic mass is 10.0. The van der Waals surface area contributed by atoms with Gasteiger partial charge >= 0.3 is 0 Å². The van der Waals surface area contributed by atoms with E-state index in [-0.39, 0.29) is 11.7 Å². The molecule has 0 aliphatic heterocycles. The Labute approximate surface area is 139 Å². The molecule has 0 saturated heterocycles. The van der Waals surface area contributed by atoms with Gasteiger partial charge in [-0.15, -0.1) is 0 Å². The molecule has 0 spiro atoms. The van der Waals surface area contributed by atoms with Crippen LogP contribution in [0.15, 0.2) is 42.5 Å². The third kappa shape index (κ3) is 2.98. The summed E-state index contributed by atoms with van der Waals surface area (Å²) >= 11 is 6.11. The second-order valence-electron chi connectivity index (χ2n) is 5.43. The molecule has 23 heavy (non-hydrogen) atoms. The lowest BCUT2D eigenvalue weighted by Gasteiger charge is -2.11. The largest absolute Gasteiger partial charge is 0.507 e. The Morgan fingerprint density at radius 3 is 2.26 bits per heavy atom. The zero-order valence-electron chi connectivity index (χ0n) is 12.8. The molecule has 1 heterocycles. The highest BCUT2D eigenvalue weighted by Crippen LogP contribution is 2.35. The molecule has 0 aliphatic rings. The SMILES string of the molecule is Cc1ccccc1-c1cc(-c2cc(Cl)cc(C)c2O)nc(N)n1. The zero-order valence-corrected chi connectivity index (χ0v) is 13.6. The lowest BCUT2D eigenvalue weighted by Crippen LogP contribution is -1.99. The van der Waals surface area contributed by atoms with Crippen LogP contribution in [0.25, 0.3) is 22.5 Å². The maximum Gasteiger partial charge on any atom is 0.221 e. The number of anilines is 1. The van der Waals surface area contributed by atoms with Crippen LogP contribution in [0.2, 0.25) is 5.02 Å². The fourth-order valence-corrected chi connectivity index (χ4v) is 2.81. The summed E-state index contributed by atoms with van der Waals surface area (Å²) < 4.78 is 0. The molecule has 4 nitrogen and oxygen atoms in total. The maximum atomic E-state index is 10.3. The predicted octanol–water partition coefficient (Wildman–Crippen LogP) is 4.37. The van der Waals surface area contributed by atoms with Crippen molar-refractivity contribution in [1.82, 2.24) is 9.97 Å². The van der Waals surface area contributed by atoms with E-state index in [1.165, 1.54) is 0 Å². The molecular formula is C18H16ClN3O. The first-order chi connectivity index (χ1) is 11.0. The molecule has 5 heteroatoms. The number of nitrogen functional groups attached to an aromatic ring is 1. The lowest BCUT2D eigenvalue weighted by molar-refractivity contribution is 0.473. The number of halogens is 1. The van der Waals surface area contributed by atoms with Gasteiger partial charge in [0, 0.05) is 16.1 Å². The Balaban J connectivity index is 2.22. The van der Waals surface area contributed by atoms with E-state index >= 15 is 0 Å². The molecule has 3 aromatic rings. The van der Waals surface area contributed by atoms with Gasteiger partial charge in [-0.25, -0.2) is 9.97 Å². The highest BCUT2D eigenvalue weighted by atomic mass is 35.5. The van der Waals surface area contributed by atoms with Crippen molar-refractivity contribution < 1.29 is 5.11 Å². The number of nitrogens with two attached hydrogens (primary N) is 1. The van der Waals surface area contributed by atoms with E-state index in [2.05, 4.69) is 9.97 Å². The number of phenols is 1. The third-order valence-electron chi connectivity index (χ3n) is 3.71. The number of benzene rings is 2. The summed E-state index contributed by atoms with van der Waals surface area (Å²) in [5, 5.41) is 10.9. The fraction of sp³-hybridized carbons (Fsp3) is 0.111. The summed E-state index contributed by atoms with van der Waals surface area (Å²) in [6.45, 7) is 3.80. The van der Waals surface area contributed by atoms with E-state index in [1.807, 2.05) is 37.3 Å². The molecule has 2 aromatic carbocycles. The molecule has 116 valence electrons. The number of rotatable bonds is 2. The molecule has 3 rings (SSSR count). The van der Waals surface area contributed by atoms with Crippen LogP contribution in [0.4, 0.5) is 5.95 Å². The number of hydrogen-bond acceptors (Lipinski definition) is 4. The average Bonchev–Trinajstić information content (AvgIpc) is 2.50. The van der Waals surface area contributed by atoms with E-state index in [0.717, 1.165) is 11.1 Å². The first-order valence-electron chi connectivity index (χ1n) is 7.16. The van der Waals surface area contributed by atoms with Gasteiger partial charge in [0.25, 0.3) is 0 Å². The summed E-state index contributed by atoms with van der Waals surface area (Å²) in [5.74, 6) is 0.293. The Kier molecular flexibility index (Phi) is 3.92. The molecule has 0 atom stereocenters. The number of phenolic OH excluding ortho intramolecular Hbond substituents is 1. The van der Waals surface area contributed by atoms with E-state index in [4.69, 9.17) is 17.3 Å². The number of aromatic nitrogens is 2. The van der Waals surface area contributed by atoms with Gasteiger partial charge < -0.3 is 10.8 Å². The van der Waals surface area contributed by atoms with Gasteiger partial charge in [-0.1, -0.05) is 35.9 Å². The first-order valence-corrected chi connectivity index (χ1v) is 7.53. The van der Waals surface area contributed by atoms with Crippen LogP contribution in [-0.2, 0) is 0 Å². The van der Waals surface area contributed by atoms with Gasteiger partial charge in [0.05, 0.1) is 11.4 Å². The van der Waals surface area contributed by atoms with Gasteiger partial charge in [-0.05, 0) is 43.2 Å². The molecule has 0 saturated carbocycles. The van der Waals surface area contributed by atoms with Gasteiger partial charge in [0.2, 0.25) is 5.95 Å². The quantitative estimate of drug-likeness (QED) is 0.734. The first kappa shape index (κ1) is 15.3. The Bertz CT molecular complexity index is 893. The monoisotopic (exact) mass is 325 g/mol. The molecule has 1 aromatic heterocycles. The van der Waals surface area contributed by atoms with Crippen molar-refractivity contribution in [3.8, 4) is 28.3 Å². The van der Waals surface area contributed by atoms with Crippen LogP contribution in [-0.4, -0.2) is 15.1 Å². The van der Waals surface area contributed by atoms with E-state index in [9.17, 15) is 5.11 Å². The van der Waals surface area contributed by atoms with Crippen LogP contribution < -0.4 is 5.73 Å². The topological polar surface area (TPSA) is 72.0 Å². The molecule has 3 N–H and O–H groups in total. The fourth-order valence-electron chi connectivity index (χ4n) is 2.53. The smallest absolute Gasteiger partial charge is 0.221 e. The molecule has 0 aliphatic carbocycles. The minimum absolute atomic E-state index is 0.142. The van der Waals surface area contributed by atoms with Crippen molar-refractivity contribution in [2.24, 2.45) is 0 Å². The normalized spacial score (nSPS) is 10.7. The van der Waals surface area contributed by atoms with Gasteiger partial charge in [-0.2, -0.15) is 0 Å². The van der Waals surface area contributed by atoms with Crippen molar-refractivity contribution in [1.29, 1.82) is 0 Å². The molecular weight excluding hydrogens is 310 g/mol. The number of nitrogens with zero attached hydrogens (tertiary/aromatic N) is 2. The number of hydrogen-bond donors (Lipinski definition) is 2. The molecule has 0 radical (unpaired) electrons. The minimum Gasteiger partial charge on any atom is -0.507 e. The van der Waals surface area contributed by atoms with Gasteiger partial charge in [-0.3, -0.25) is 0 Å². The third-order valence-corrected chi connectivity index (χ3v) is 3.92. The summed E-state index contributed by atoms with van der Waals surface area (Å²) in [7, 11) is 0. The molecule has 0 unspecified atom stereocenters. The van der Waals surface area contributed by atoms with Crippen molar-refractivity contribution in [2.75, 3.05) is 5.73 Å². The maximum absolute atomic E-state index is 10.3. The van der Waals surface area contributed by atoms with E-state index in [1.54, 1.807) is 19.1 Å². The molecule has 0 amide bonds. The molecule has 0 bridgehead atoms. The summed E-state index contributed by atoms with van der Waals surface area (Å²) in [5.41, 5.74) is 10.4. The van der Waals surface area contributed by atoms with Crippen molar-refractivity contribution in [3.63, 3.8) is 0 Å². The highest BCUT2D eigenvalue weighted by molar-refractivity contribution is 6.31. The summed E-state index contributed by atoms with van der Waals surface area (Å²) in [4.78, 5) is 8.57. The summed E-state index contributed by atoms with van der Waals surface area (Å²) in [6.07, 6.45) is 0. The van der Waals surface area contributed by atoms with Gasteiger partial charge in [0.1, 0.15) is 5.75 Å². The number of aromatic hydroxyl groups is 1. The second-order valence-corrected chi connectivity index (χ2v) is 5.87. The van der Waals surface area contributed by atoms with E-state index < -0.39 is 0 Å². The average molecular weight is 326 g/mol. The molecule has 0 fully saturated rings. The van der Waals surface area contributed by atoms with Crippen molar-refractivity contribution in [2.45, 2.75) is 13.8 Å². The van der Waals surface area contributed by atoms with Crippen LogP contribution in [0.1, 0.15) is 11.1 Å². The van der Waals surface area contributed by atoms with Gasteiger partial charge in [0.15, 0.2) is 0 Å².